The molecule has 2 N–H and O–H groups in total. The minimum atomic E-state index is -4.66. The molecule has 1 aromatic heterocycles. The highest BCUT2D eigenvalue weighted by Gasteiger charge is 2.34. The van der Waals surface area contributed by atoms with Crippen LogP contribution in [0.4, 0.5) is 14.5 Å². The summed E-state index contributed by atoms with van der Waals surface area (Å²) in [5.74, 6) is 0. The van der Waals surface area contributed by atoms with Crippen LogP contribution in [0.15, 0.2) is 11.2 Å². The molecule has 0 atom stereocenters. The Bertz CT molecular complexity index is 652. The van der Waals surface area contributed by atoms with E-state index in [2.05, 4.69) is 10.1 Å². The number of hydrogen-bond donors (Lipinski definition) is 1. The number of alkyl halides is 2. The molecule has 0 aromatic carbocycles. The van der Waals surface area contributed by atoms with Crippen molar-refractivity contribution in [3.63, 3.8) is 0 Å². The Morgan fingerprint density at radius 2 is 2.11 bits per heavy atom. The van der Waals surface area contributed by atoms with Gasteiger partial charge in [0, 0.05) is 0 Å². The van der Waals surface area contributed by atoms with E-state index in [1.165, 1.54) is 6.07 Å². The molecule has 96 valence electrons. The van der Waals surface area contributed by atoms with E-state index in [9.17, 15) is 27.3 Å². The molecule has 11 heteroatoms. The van der Waals surface area contributed by atoms with Gasteiger partial charge in [0.25, 0.3) is 16.4 Å². The third-order valence-electron chi connectivity index (χ3n) is 1.84. The molecule has 0 aliphatic heterocycles. The van der Waals surface area contributed by atoms with Gasteiger partial charge in [-0.2, -0.15) is 5.26 Å². The average Bonchev–Trinajstić information content (AvgIpc) is 2.25. The molecular formula is C7H4F2N4O4S. The van der Waals surface area contributed by atoms with Gasteiger partial charge in [0.05, 0.1) is 11.1 Å². The zero-order valence-corrected chi connectivity index (χ0v) is 9.19. The van der Waals surface area contributed by atoms with Crippen LogP contribution in [0.25, 0.3) is 0 Å². The Balaban J connectivity index is 3.87. The van der Waals surface area contributed by atoms with E-state index in [1.807, 2.05) is 0 Å². The van der Waals surface area contributed by atoms with Crippen molar-refractivity contribution < 1.29 is 22.1 Å². The maximum absolute atomic E-state index is 12.7. The van der Waals surface area contributed by atoms with Crippen LogP contribution in [0.1, 0.15) is 17.6 Å². The summed E-state index contributed by atoms with van der Waals surface area (Å²) in [5, 5.41) is 22.5. The van der Waals surface area contributed by atoms with Gasteiger partial charge >= 0.3 is 5.69 Å². The van der Waals surface area contributed by atoms with E-state index in [4.69, 9.17) is 5.26 Å². The lowest BCUT2D eigenvalue weighted by molar-refractivity contribution is -0.386. The summed E-state index contributed by atoms with van der Waals surface area (Å²) < 4.78 is 47.5. The van der Waals surface area contributed by atoms with Gasteiger partial charge in [-0.05, 0) is 0 Å². The first-order chi connectivity index (χ1) is 8.20. The Morgan fingerprint density at radius 3 is 2.44 bits per heavy atom. The van der Waals surface area contributed by atoms with Crippen molar-refractivity contribution in [3.05, 3.63) is 27.4 Å². The number of rotatable bonds is 3. The Hall–Kier alpha value is -2.19. The highest BCUT2D eigenvalue weighted by molar-refractivity contribution is 7.89. The van der Waals surface area contributed by atoms with E-state index in [1.54, 1.807) is 0 Å². The number of nitriles is 1. The fourth-order valence-corrected chi connectivity index (χ4v) is 1.89. The standard InChI is InChI=1S/C7H4F2N4O4S/c8-6(9)4-5(13(14)15)3(1-10)2-12-7(4)18(11,16)17/h2,6H,(H2,11,16,17). The van der Waals surface area contributed by atoms with E-state index < -0.39 is 43.2 Å². The molecule has 0 spiro atoms. The molecule has 8 nitrogen and oxygen atoms in total. The monoisotopic (exact) mass is 278 g/mol. The highest BCUT2D eigenvalue weighted by atomic mass is 32.2. The number of sulfonamides is 1. The summed E-state index contributed by atoms with van der Waals surface area (Å²) in [4.78, 5) is 12.4. The lowest BCUT2D eigenvalue weighted by Gasteiger charge is -2.07. The fraction of sp³-hybridized carbons (Fsp3) is 0.143. The molecule has 1 aromatic rings. The maximum atomic E-state index is 12.7. The summed E-state index contributed by atoms with van der Waals surface area (Å²) in [7, 11) is -4.66. The number of nitro groups is 1. The lowest BCUT2D eigenvalue weighted by Crippen LogP contribution is -2.18. The quantitative estimate of drug-likeness (QED) is 0.628. The molecule has 0 amide bonds. The zero-order chi connectivity index (χ0) is 14.1. The van der Waals surface area contributed by atoms with Crippen LogP contribution in [0.2, 0.25) is 0 Å². The summed E-state index contributed by atoms with van der Waals surface area (Å²) in [6, 6.07) is 1.28. The Kier molecular flexibility index (Phi) is 3.54. The van der Waals surface area contributed by atoms with Crippen molar-refractivity contribution in [2.24, 2.45) is 5.14 Å². The number of aromatic nitrogens is 1. The van der Waals surface area contributed by atoms with Gasteiger partial charge in [-0.3, -0.25) is 10.1 Å². The lowest BCUT2D eigenvalue weighted by atomic mass is 10.1. The second-order valence-corrected chi connectivity index (χ2v) is 4.43. The summed E-state index contributed by atoms with van der Waals surface area (Å²) in [6.45, 7) is 0. The van der Waals surface area contributed by atoms with Crippen LogP contribution in [-0.2, 0) is 10.0 Å². The number of primary sulfonamides is 1. The second-order valence-electron chi connectivity index (χ2n) is 2.95. The van der Waals surface area contributed by atoms with Crippen molar-refractivity contribution in [1.82, 2.24) is 4.98 Å². The van der Waals surface area contributed by atoms with Crippen LogP contribution in [0.5, 0.6) is 0 Å². The smallest absolute Gasteiger partial charge is 0.258 e. The predicted molar refractivity (Wildman–Crippen MR) is 51.9 cm³/mol. The highest BCUT2D eigenvalue weighted by Crippen LogP contribution is 2.34. The van der Waals surface area contributed by atoms with Crippen molar-refractivity contribution >= 4 is 15.7 Å². The summed E-state index contributed by atoms with van der Waals surface area (Å²) in [6.07, 6.45) is -3.01. The van der Waals surface area contributed by atoms with E-state index in [0.29, 0.717) is 6.20 Å². The first kappa shape index (κ1) is 13.9. The maximum Gasteiger partial charge on any atom is 0.300 e. The molecule has 0 aliphatic rings. The third kappa shape index (κ3) is 2.39. The molecule has 0 unspecified atom stereocenters. The predicted octanol–water partition coefficient (Wildman–Crippen LogP) is 0.446. The van der Waals surface area contributed by atoms with Gasteiger partial charge in [-0.15, -0.1) is 0 Å². The molecule has 0 radical (unpaired) electrons. The number of nitrogens with two attached hydrogens (primary N) is 1. The van der Waals surface area contributed by atoms with Crippen LogP contribution in [0.3, 0.4) is 0 Å². The van der Waals surface area contributed by atoms with Gasteiger partial charge in [-0.1, -0.05) is 0 Å². The Morgan fingerprint density at radius 1 is 1.56 bits per heavy atom. The SMILES string of the molecule is N#Cc1cnc(S(N)(=O)=O)c(C(F)F)c1[N+](=O)[O-]. The molecule has 0 saturated carbocycles. The number of hydrogen-bond acceptors (Lipinski definition) is 6. The topological polar surface area (TPSA) is 140 Å². The first-order valence-electron chi connectivity index (χ1n) is 4.08. The molecule has 0 bridgehead atoms. The van der Waals surface area contributed by atoms with Gasteiger partial charge in [-0.25, -0.2) is 27.3 Å². The average molecular weight is 278 g/mol. The normalized spacial score (nSPS) is 11.3. The number of pyridine rings is 1. The van der Waals surface area contributed by atoms with Crippen LogP contribution in [0, 0.1) is 21.4 Å². The van der Waals surface area contributed by atoms with Crippen LogP contribution < -0.4 is 5.14 Å². The molecule has 0 saturated heterocycles. The van der Waals surface area contributed by atoms with E-state index in [-0.39, 0.29) is 0 Å². The van der Waals surface area contributed by atoms with Crippen molar-refractivity contribution in [2.45, 2.75) is 11.5 Å². The molecule has 0 fully saturated rings. The molecule has 1 heterocycles. The van der Waals surface area contributed by atoms with Crippen molar-refractivity contribution in [1.29, 1.82) is 5.26 Å². The Labute approximate surface area is 98.9 Å². The fourth-order valence-electron chi connectivity index (χ4n) is 1.20. The second kappa shape index (κ2) is 4.59. The van der Waals surface area contributed by atoms with Crippen molar-refractivity contribution in [2.75, 3.05) is 0 Å². The largest absolute Gasteiger partial charge is 0.300 e. The van der Waals surface area contributed by atoms with E-state index >= 15 is 0 Å². The van der Waals surface area contributed by atoms with Gasteiger partial charge < -0.3 is 0 Å². The van der Waals surface area contributed by atoms with Crippen LogP contribution >= 0.6 is 0 Å². The molecule has 18 heavy (non-hydrogen) atoms. The molecule has 0 aliphatic carbocycles. The zero-order valence-electron chi connectivity index (χ0n) is 8.37. The number of halogens is 2. The third-order valence-corrected chi connectivity index (χ3v) is 2.71. The number of nitrogens with zero attached hydrogens (tertiary/aromatic N) is 3. The van der Waals surface area contributed by atoms with Crippen LogP contribution in [-0.4, -0.2) is 18.3 Å². The minimum absolute atomic E-state index is 0.504. The van der Waals surface area contributed by atoms with E-state index in [0.717, 1.165) is 0 Å². The minimum Gasteiger partial charge on any atom is -0.258 e. The molecular weight excluding hydrogens is 274 g/mol. The van der Waals surface area contributed by atoms with Gasteiger partial charge in [0.1, 0.15) is 17.2 Å². The molecule has 1 rings (SSSR count). The summed E-state index contributed by atoms with van der Waals surface area (Å²) in [5.41, 5.74) is -3.57. The first-order valence-corrected chi connectivity index (χ1v) is 5.63. The van der Waals surface area contributed by atoms with Gasteiger partial charge in [0.2, 0.25) is 0 Å². The summed E-state index contributed by atoms with van der Waals surface area (Å²) >= 11 is 0. The van der Waals surface area contributed by atoms with Crippen molar-refractivity contribution in [3.8, 4) is 6.07 Å². The van der Waals surface area contributed by atoms with Gasteiger partial charge in [0.15, 0.2) is 5.03 Å².